The summed E-state index contributed by atoms with van der Waals surface area (Å²) >= 11 is 1.47. The number of piperazine rings is 1. The largest absolute Gasteiger partial charge is 0.481 e. The molecule has 0 spiro atoms. The van der Waals surface area contributed by atoms with Gasteiger partial charge in [0.1, 0.15) is 4.70 Å². The molecule has 0 N–H and O–H groups in total. The van der Waals surface area contributed by atoms with Crippen LogP contribution in [0.15, 0.2) is 53.7 Å². The fourth-order valence-corrected chi connectivity index (χ4v) is 6.62. The highest BCUT2D eigenvalue weighted by Crippen LogP contribution is 2.33. The van der Waals surface area contributed by atoms with Crippen molar-refractivity contribution >= 4 is 27.5 Å². The van der Waals surface area contributed by atoms with Crippen LogP contribution in [0.2, 0.25) is 0 Å². The Kier molecular flexibility index (Phi) is 6.71. The monoisotopic (exact) mass is 529 g/mol. The van der Waals surface area contributed by atoms with Crippen LogP contribution >= 0.6 is 11.3 Å². The number of amides is 1. The van der Waals surface area contributed by atoms with E-state index >= 15 is 0 Å². The lowest BCUT2D eigenvalue weighted by atomic mass is 9.87. The summed E-state index contributed by atoms with van der Waals surface area (Å²) in [6, 6.07) is 12.6. The van der Waals surface area contributed by atoms with Crippen LogP contribution in [-0.4, -0.2) is 63.5 Å². The van der Waals surface area contributed by atoms with Gasteiger partial charge in [0.05, 0.1) is 19.0 Å². The van der Waals surface area contributed by atoms with E-state index in [2.05, 4.69) is 33.1 Å². The summed E-state index contributed by atoms with van der Waals surface area (Å²) in [6.07, 6.45) is 6.18. The molecule has 0 saturated carbocycles. The summed E-state index contributed by atoms with van der Waals surface area (Å²) in [5.74, 6) is 0.725. The van der Waals surface area contributed by atoms with Gasteiger partial charge in [-0.05, 0) is 48.1 Å². The van der Waals surface area contributed by atoms with Crippen molar-refractivity contribution in [1.82, 2.24) is 24.3 Å². The maximum absolute atomic E-state index is 13.5. The Morgan fingerprint density at radius 1 is 1.08 bits per heavy atom. The van der Waals surface area contributed by atoms with Gasteiger partial charge in [0.15, 0.2) is 0 Å². The molecule has 3 aromatic heterocycles. The Labute approximate surface area is 225 Å². The van der Waals surface area contributed by atoms with Crippen molar-refractivity contribution in [1.29, 1.82) is 0 Å². The van der Waals surface area contributed by atoms with Gasteiger partial charge in [0.2, 0.25) is 11.8 Å². The zero-order valence-corrected chi connectivity index (χ0v) is 22.5. The molecule has 1 atom stereocenters. The second kappa shape index (κ2) is 10.3. The molecule has 2 aliphatic rings. The van der Waals surface area contributed by atoms with E-state index in [-0.39, 0.29) is 17.5 Å². The molecule has 196 valence electrons. The number of hydrogen-bond donors (Lipinski definition) is 0. The molecule has 1 amide bonds. The molecule has 0 bridgehead atoms. The zero-order valence-electron chi connectivity index (χ0n) is 21.7. The van der Waals surface area contributed by atoms with Gasteiger partial charge >= 0.3 is 0 Å². The van der Waals surface area contributed by atoms with Crippen LogP contribution < -0.4 is 10.3 Å². The number of nitrogens with zero attached hydrogens (tertiary/aromatic N) is 5. The number of hydrogen-bond acceptors (Lipinski definition) is 7. The highest BCUT2D eigenvalue weighted by Gasteiger charge is 2.24. The number of thiophene rings is 1. The topological polar surface area (TPSA) is 80.6 Å². The smallest absolute Gasteiger partial charge is 0.271 e. The minimum absolute atomic E-state index is 0.0301. The third kappa shape index (κ3) is 4.83. The second-order valence-electron chi connectivity index (χ2n) is 10.2. The third-order valence-electron chi connectivity index (χ3n) is 7.78. The fourth-order valence-electron chi connectivity index (χ4n) is 5.58. The Bertz CT molecular complexity index is 1540. The van der Waals surface area contributed by atoms with Gasteiger partial charge < -0.3 is 9.64 Å². The molecule has 1 aromatic carbocycles. The maximum Gasteiger partial charge on any atom is 0.271 e. The lowest BCUT2D eigenvalue weighted by Crippen LogP contribution is -2.47. The van der Waals surface area contributed by atoms with Gasteiger partial charge in [-0.25, -0.2) is 9.97 Å². The Hall–Kier alpha value is -3.56. The van der Waals surface area contributed by atoms with E-state index in [0.29, 0.717) is 10.6 Å². The van der Waals surface area contributed by atoms with Crippen LogP contribution in [0.3, 0.4) is 0 Å². The van der Waals surface area contributed by atoms with E-state index in [4.69, 9.17) is 4.74 Å². The molecule has 6 rings (SSSR count). The van der Waals surface area contributed by atoms with Gasteiger partial charge in [-0.1, -0.05) is 18.2 Å². The number of aromatic nitrogens is 3. The molecule has 9 heteroatoms. The first kappa shape index (κ1) is 24.8. The Morgan fingerprint density at radius 3 is 2.66 bits per heavy atom. The molecular formula is C29H31N5O3S. The van der Waals surface area contributed by atoms with Crippen LogP contribution in [0.4, 0.5) is 0 Å². The predicted octanol–water partition coefficient (Wildman–Crippen LogP) is 3.92. The molecule has 1 fully saturated rings. The molecule has 1 saturated heterocycles. The molecule has 8 nitrogen and oxygen atoms in total. The van der Waals surface area contributed by atoms with Crippen LogP contribution in [0.25, 0.3) is 20.7 Å². The van der Waals surface area contributed by atoms with E-state index in [0.717, 1.165) is 67.9 Å². The van der Waals surface area contributed by atoms with Crippen LogP contribution in [0.5, 0.6) is 5.88 Å². The van der Waals surface area contributed by atoms with E-state index in [1.54, 1.807) is 26.6 Å². The number of ether oxygens (including phenoxy) is 1. The van der Waals surface area contributed by atoms with E-state index < -0.39 is 0 Å². The van der Waals surface area contributed by atoms with E-state index in [1.165, 1.54) is 28.0 Å². The lowest BCUT2D eigenvalue weighted by Gasteiger charge is -2.34. The Balaban J connectivity index is 1.17. The zero-order chi connectivity index (χ0) is 26.2. The highest BCUT2D eigenvalue weighted by atomic mass is 32.1. The average Bonchev–Trinajstić information content (AvgIpc) is 3.39. The van der Waals surface area contributed by atoms with Gasteiger partial charge in [-0.3, -0.25) is 19.1 Å². The summed E-state index contributed by atoms with van der Waals surface area (Å²) in [4.78, 5) is 39.3. The van der Waals surface area contributed by atoms with Crippen molar-refractivity contribution in [3.05, 3.63) is 76.0 Å². The summed E-state index contributed by atoms with van der Waals surface area (Å²) < 4.78 is 7.67. The molecular weight excluding hydrogens is 498 g/mol. The van der Waals surface area contributed by atoms with Crippen LogP contribution in [0, 0.1) is 0 Å². The molecule has 0 unspecified atom stereocenters. The summed E-state index contributed by atoms with van der Waals surface area (Å²) in [5.41, 5.74) is 5.72. The number of carbonyl (C=O) groups is 1. The van der Waals surface area contributed by atoms with Crippen molar-refractivity contribution in [2.75, 3.05) is 33.3 Å². The molecule has 1 aliphatic carbocycles. The molecule has 4 aromatic rings. The van der Waals surface area contributed by atoms with Gasteiger partial charge in [-0.15, -0.1) is 11.3 Å². The number of methoxy groups -OCH3 is 1. The average molecular weight is 530 g/mol. The quantitative estimate of drug-likeness (QED) is 0.390. The number of rotatable bonds is 5. The normalized spacial score (nSPS) is 17.9. The second-order valence-corrected chi connectivity index (χ2v) is 11.2. The minimum atomic E-state index is 0.0301. The molecule has 38 heavy (non-hydrogen) atoms. The first-order valence-electron chi connectivity index (χ1n) is 13.1. The van der Waals surface area contributed by atoms with Crippen molar-refractivity contribution in [3.63, 3.8) is 0 Å². The predicted molar refractivity (Wildman–Crippen MR) is 149 cm³/mol. The van der Waals surface area contributed by atoms with E-state index in [9.17, 15) is 9.59 Å². The number of benzene rings is 1. The number of aryl methyl sites for hydroxylation is 1. The van der Waals surface area contributed by atoms with Crippen LogP contribution in [-0.2, 0) is 24.2 Å². The van der Waals surface area contributed by atoms with Gasteiger partial charge in [0.25, 0.3) is 5.56 Å². The highest BCUT2D eigenvalue weighted by molar-refractivity contribution is 7.22. The summed E-state index contributed by atoms with van der Waals surface area (Å²) in [6.45, 7) is 5.99. The summed E-state index contributed by atoms with van der Waals surface area (Å²) in [5, 5.41) is 0. The lowest BCUT2D eigenvalue weighted by molar-refractivity contribution is -0.130. The van der Waals surface area contributed by atoms with Crippen molar-refractivity contribution in [2.45, 2.75) is 38.8 Å². The first-order chi connectivity index (χ1) is 18.5. The maximum atomic E-state index is 13.5. The number of fused-ring (bicyclic) bond motifs is 2. The molecule has 0 radical (unpaired) electrons. The third-order valence-corrected chi connectivity index (χ3v) is 8.94. The first-order valence-corrected chi connectivity index (χ1v) is 13.9. The SMILES string of the molecule is COc1ccc(-c2cc3ncn([C@H]4CCc5cc(CN6CCN(C(C)=O)CC6)ccc5C4)c(=O)c3s2)cn1. The summed E-state index contributed by atoms with van der Waals surface area (Å²) in [7, 11) is 1.59. The fraction of sp³-hybridized carbons (Fsp3) is 0.379. The van der Waals surface area contributed by atoms with Crippen LogP contribution in [0.1, 0.15) is 36.1 Å². The van der Waals surface area contributed by atoms with Crippen molar-refractivity contribution in [2.24, 2.45) is 0 Å². The standard InChI is InChI=1S/C29H31N5O3S/c1-19(35)33-11-9-32(10-12-33)17-20-3-4-22-14-24(7-5-21(22)13-20)34-18-31-25-15-26(38-28(25)29(34)36)23-6-8-27(37-2)30-16-23/h3-4,6,8,13,15-16,18,24H,5,7,9-12,14,17H2,1-2H3/t24-/m0/s1. The number of carbonyl (C=O) groups excluding carboxylic acids is 1. The van der Waals surface area contributed by atoms with Gasteiger partial charge in [-0.2, -0.15) is 0 Å². The molecule has 1 aliphatic heterocycles. The van der Waals surface area contributed by atoms with Crippen molar-refractivity contribution < 1.29 is 9.53 Å². The number of pyridine rings is 1. The molecule has 4 heterocycles. The minimum Gasteiger partial charge on any atom is -0.481 e. The Morgan fingerprint density at radius 2 is 1.92 bits per heavy atom. The van der Waals surface area contributed by atoms with Crippen molar-refractivity contribution in [3.8, 4) is 16.3 Å². The van der Waals surface area contributed by atoms with Gasteiger partial charge in [0, 0.05) is 68.4 Å². The van der Waals surface area contributed by atoms with E-state index in [1.807, 2.05) is 27.7 Å².